The Kier molecular flexibility index (Phi) is 3.71. The van der Waals surface area contributed by atoms with Crippen LogP contribution in [0.15, 0.2) is 47.1 Å². The topological polar surface area (TPSA) is 22.1 Å². The van der Waals surface area contributed by atoms with Crippen LogP contribution in [-0.4, -0.2) is 4.98 Å². The molecule has 1 aromatic carbocycles. The van der Waals surface area contributed by atoms with Crippen LogP contribution >= 0.6 is 15.9 Å². The number of hydrogen-bond acceptors (Lipinski definition) is 2. The summed E-state index contributed by atoms with van der Waals surface area (Å²) in [7, 11) is 0. The highest BCUT2D eigenvalue weighted by molar-refractivity contribution is 9.10. The Balaban J connectivity index is 2.22. The van der Waals surface area contributed by atoms with Gasteiger partial charge in [-0.15, -0.1) is 0 Å². The van der Waals surface area contributed by atoms with E-state index in [0.717, 1.165) is 10.2 Å². The van der Waals surface area contributed by atoms with Gasteiger partial charge in [0.25, 0.3) is 0 Å². The third-order valence-electron chi connectivity index (χ3n) is 2.62. The van der Waals surface area contributed by atoms with Crippen molar-refractivity contribution in [2.24, 2.45) is 0 Å². The van der Waals surface area contributed by atoms with Crippen LogP contribution in [0.5, 0.6) is 11.6 Å². The molecule has 1 aromatic heterocycles. The van der Waals surface area contributed by atoms with E-state index in [4.69, 9.17) is 4.74 Å². The molecular formula is C15H16BrNO. The molecule has 0 unspecified atom stereocenters. The van der Waals surface area contributed by atoms with E-state index in [9.17, 15) is 0 Å². The lowest BCUT2D eigenvalue weighted by Crippen LogP contribution is -2.10. The molecule has 0 N–H and O–H groups in total. The van der Waals surface area contributed by atoms with Gasteiger partial charge in [0, 0.05) is 16.7 Å². The first-order chi connectivity index (χ1) is 8.45. The van der Waals surface area contributed by atoms with Gasteiger partial charge in [-0.05, 0) is 45.1 Å². The molecule has 0 saturated carbocycles. The fraction of sp³-hybridized carbons (Fsp3) is 0.267. The van der Waals surface area contributed by atoms with Crippen molar-refractivity contribution in [3.63, 3.8) is 0 Å². The Bertz CT molecular complexity index is 529. The molecule has 0 spiro atoms. The molecule has 1 heterocycles. The molecule has 0 saturated heterocycles. The number of aromatic nitrogens is 1. The highest BCUT2D eigenvalue weighted by atomic mass is 79.9. The second-order valence-corrected chi connectivity index (χ2v) is 6.11. The van der Waals surface area contributed by atoms with E-state index in [2.05, 4.69) is 53.8 Å². The quantitative estimate of drug-likeness (QED) is 0.784. The summed E-state index contributed by atoms with van der Waals surface area (Å²) in [5.41, 5.74) is 1.36. The standard InChI is InChI=1S/C15H16BrNO/c1-15(2,3)11-5-4-6-13(9-11)18-14-8-7-12(16)10-17-14/h4-10H,1-3H3. The van der Waals surface area contributed by atoms with Crippen molar-refractivity contribution >= 4 is 15.9 Å². The number of hydrogen-bond donors (Lipinski definition) is 0. The van der Waals surface area contributed by atoms with Crippen LogP contribution < -0.4 is 4.74 Å². The summed E-state index contributed by atoms with van der Waals surface area (Å²) in [6.07, 6.45) is 1.73. The highest BCUT2D eigenvalue weighted by Gasteiger charge is 2.14. The molecule has 0 aliphatic carbocycles. The summed E-state index contributed by atoms with van der Waals surface area (Å²) in [5.74, 6) is 1.42. The zero-order valence-corrected chi connectivity index (χ0v) is 12.4. The largest absolute Gasteiger partial charge is 0.439 e. The number of benzene rings is 1. The minimum absolute atomic E-state index is 0.118. The predicted molar refractivity (Wildman–Crippen MR) is 77.2 cm³/mol. The second kappa shape index (κ2) is 5.11. The van der Waals surface area contributed by atoms with Crippen molar-refractivity contribution in [1.29, 1.82) is 0 Å². The van der Waals surface area contributed by atoms with Crippen LogP contribution in [0.4, 0.5) is 0 Å². The zero-order chi connectivity index (χ0) is 13.2. The van der Waals surface area contributed by atoms with E-state index in [-0.39, 0.29) is 5.41 Å². The number of rotatable bonds is 2. The molecule has 2 nitrogen and oxygen atoms in total. The Morgan fingerprint density at radius 3 is 2.50 bits per heavy atom. The summed E-state index contributed by atoms with van der Waals surface area (Å²) in [5, 5.41) is 0. The second-order valence-electron chi connectivity index (χ2n) is 5.19. The molecule has 0 atom stereocenters. The van der Waals surface area contributed by atoms with Crippen molar-refractivity contribution in [1.82, 2.24) is 4.98 Å². The van der Waals surface area contributed by atoms with Crippen molar-refractivity contribution in [2.75, 3.05) is 0 Å². The van der Waals surface area contributed by atoms with E-state index in [1.54, 1.807) is 6.20 Å². The monoisotopic (exact) mass is 305 g/mol. The van der Waals surface area contributed by atoms with Gasteiger partial charge in [-0.25, -0.2) is 4.98 Å². The van der Waals surface area contributed by atoms with E-state index in [1.807, 2.05) is 24.3 Å². The van der Waals surface area contributed by atoms with Gasteiger partial charge in [0.2, 0.25) is 5.88 Å². The maximum atomic E-state index is 5.74. The summed E-state index contributed by atoms with van der Waals surface area (Å²) in [6.45, 7) is 6.55. The van der Waals surface area contributed by atoms with Crippen LogP contribution in [0.2, 0.25) is 0 Å². The third kappa shape index (κ3) is 3.33. The summed E-state index contributed by atoms with van der Waals surface area (Å²) in [6, 6.07) is 11.9. The van der Waals surface area contributed by atoms with Crippen molar-refractivity contribution in [3.8, 4) is 11.6 Å². The van der Waals surface area contributed by atoms with Crippen LogP contribution in [-0.2, 0) is 5.41 Å². The molecule has 0 aliphatic rings. The molecule has 0 fully saturated rings. The minimum atomic E-state index is 0.118. The molecule has 94 valence electrons. The Morgan fingerprint density at radius 2 is 1.89 bits per heavy atom. The maximum absolute atomic E-state index is 5.74. The first kappa shape index (κ1) is 13.1. The number of nitrogens with zero attached hydrogens (tertiary/aromatic N) is 1. The van der Waals surface area contributed by atoms with Gasteiger partial charge in [0.05, 0.1) is 0 Å². The molecule has 0 amide bonds. The molecule has 18 heavy (non-hydrogen) atoms. The first-order valence-corrected chi connectivity index (χ1v) is 6.64. The fourth-order valence-electron chi connectivity index (χ4n) is 1.57. The lowest BCUT2D eigenvalue weighted by Gasteiger charge is -2.19. The Labute approximate surface area is 116 Å². The lowest BCUT2D eigenvalue weighted by molar-refractivity contribution is 0.459. The average molecular weight is 306 g/mol. The third-order valence-corrected chi connectivity index (χ3v) is 3.09. The van der Waals surface area contributed by atoms with Crippen LogP contribution in [0.3, 0.4) is 0 Å². The Morgan fingerprint density at radius 1 is 1.11 bits per heavy atom. The first-order valence-electron chi connectivity index (χ1n) is 5.85. The normalized spacial score (nSPS) is 11.3. The molecule has 0 radical (unpaired) electrons. The highest BCUT2D eigenvalue weighted by Crippen LogP contribution is 2.27. The molecule has 2 aromatic rings. The summed E-state index contributed by atoms with van der Waals surface area (Å²) < 4.78 is 6.68. The van der Waals surface area contributed by atoms with Gasteiger partial charge in [-0.1, -0.05) is 32.9 Å². The van der Waals surface area contributed by atoms with Crippen molar-refractivity contribution < 1.29 is 4.74 Å². The number of halogens is 1. The molecule has 3 heteroatoms. The van der Waals surface area contributed by atoms with Gasteiger partial charge < -0.3 is 4.74 Å². The van der Waals surface area contributed by atoms with Gasteiger partial charge in [-0.3, -0.25) is 0 Å². The predicted octanol–water partition coefficient (Wildman–Crippen LogP) is 4.93. The van der Waals surface area contributed by atoms with Gasteiger partial charge in [-0.2, -0.15) is 0 Å². The van der Waals surface area contributed by atoms with Gasteiger partial charge >= 0.3 is 0 Å². The lowest BCUT2D eigenvalue weighted by atomic mass is 9.87. The zero-order valence-electron chi connectivity index (χ0n) is 10.8. The van der Waals surface area contributed by atoms with Crippen molar-refractivity contribution in [2.45, 2.75) is 26.2 Å². The van der Waals surface area contributed by atoms with Crippen LogP contribution in [0, 0.1) is 0 Å². The van der Waals surface area contributed by atoms with E-state index in [0.29, 0.717) is 5.88 Å². The number of ether oxygens (including phenoxy) is 1. The summed E-state index contributed by atoms with van der Waals surface area (Å²) in [4.78, 5) is 4.20. The maximum Gasteiger partial charge on any atom is 0.219 e. The molecule has 0 aliphatic heterocycles. The van der Waals surface area contributed by atoms with Crippen molar-refractivity contribution in [3.05, 3.63) is 52.6 Å². The molecular weight excluding hydrogens is 290 g/mol. The molecule has 2 rings (SSSR count). The fourth-order valence-corrected chi connectivity index (χ4v) is 1.80. The van der Waals surface area contributed by atoms with E-state index in [1.165, 1.54) is 5.56 Å². The van der Waals surface area contributed by atoms with Crippen LogP contribution in [0.25, 0.3) is 0 Å². The minimum Gasteiger partial charge on any atom is -0.439 e. The molecule has 0 bridgehead atoms. The summed E-state index contributed by atoms with van der Waals surface area (Å²) >= 11 is 3.35. The van der Waals surface area contributed by atoms with E-state index < -0.39 is 0 Å². The Hall–Kier alpha value is -1.35. The number of pyridine rings is 1. The SMILES string of the molecule is CC(C)(C)c1cccc(Oc2ccc(Br)cn2)c1. The average Bonchev–Trinajstić information content (AvgIpc) is 2.31. The van der Waals surface area contributed by atoms with Gasteiger partial charge in [0.1, 0.15) is 5.75 Å². The van der Waals surface area contributed by atoms with Gasteiger partial charge in [0.15, 0.2) is 0 Å². The van der Waals surface area contributed by atoms with Crippen LogP contribution in [0.1, 0.15) is 26.3 Å². The smallest absolute Gasteiger partial charge is 0.219 e. The van der Waals surface area contributed by atoms with E-state index >= 15 is 0 Å².